The number of phosphoric ester groups is 1. The van der Waals surface area contributed by atoms with E-state index in [4.69, 9.17) is 10.5 Å². The number of nitrogens with zero attached hydrogens (tertiary/aromatic N) is 3. The largest absolute Gasteiger partial charge is 0.472 e. The smallest absolute Gasteiger partial charge is 0.387 e. The van der Waals surface area contributed by atoms with Crippen molar-refractivity contribution in [3.63, 3.8) is 0 Å². The highest BCUT2D eigenvalue weighted by Gasteiger charge is 2.55. The zero-order chi connectivity index (χ0) is 19.3. The van der Waals surface area contributed by atoms with Gasteiger partial charge in [0.1, 0.15) is 12.2 Å². The summed E-state index contributed by atoms with van der Waals surface area (Å²) in [5.41, 5.74) is 2.93. The molecule has 1 saturated heterocycles. The molecule has 0 aliphatic carbocycles. The van der Waals surface area contributed by atoms with E-state index in [0.717, 1.165) is 18.0 Å². The van der Waals surface area contributed by atoms with Crippen LogP contribution in [0.1, 0.15) is 6.92 Å². The summed E-state index contributed by atoms with van der Waals surface area (Å²) in [5.74, 6) is -0.206. The van der Waals surface area contributed by atoms with Crippen LogP contribution in [0.2, 0.25) is 0 Å². The average molecular weight is 393 g/mol. The number of aromatic nitrogens is 4. The van der Waals surface area contributed by atoms with Crippen LogP contribution in [-0.2, 0) is 24.1 Å². The van der Waals surface area contributed by atoms with Gasteiger partial charge in [-0.05, 0) is 6.92 Å². The Kier molecular flexibility index (Phi) is 4.63. The van der Waals surface area contributed by atoms with Crippen molar-refractivity contribution in [2.45, 2.75) is 31.0 Å². The molecule has 1 fully saturated rings. The minimum Gasteiger partial charge on any atom is -0.387 e. The van der Waals surface area contributed by atoms with E-state index in [2.05, 4.69) is 24.0 Å². The number of imidazole rings is 1. The normalized spacial score (nSPS) is 31.3. The fourth-order valence-corrected chi connectivity index (χ4v) is 3.18. The highest BCUT2D eigenvalue weighted by atomic mass is 31.2. The molecule has 0 saturated carbocycles. The monoisotopic (exact) mass is 393 g/mol. The van der Waals surface area contributed by atoms with Crippen LogP contribution < -0.4 is 11.3 Å². The van der Waals surface area contributed by atoms with E-state index in [-0.39, 0.29) is 17.1 Å². The standard InChI is InChI=1S/C12H17FN5O7P/c1-12(18-4-15-6-9(18)16-11(14)17-10(6)20)8(13)7(19)5(25-12)3-24-26(21,22)23-2/h4-5,7-8,19H,3H2,1-2H3,(H,21,22)(H3,14,16,17,20)/t5?,7-,8-,12-/m1/s1. The van der Waals surface area contributed by atoms with Crippen molar-refractivity contribution >= 4 is 24.9 Å². The fraction of sp³-hybridized carbons (Fsp3) is 0.583. The molecule has 144 valence electrons. The van der Waals surface area contributed by atoms with E-state index < -0.39 is 44.1 Å². The van der Waals surface area contributed by atoms with E-state index in [1.165, 1.54) is 6.92 Å². The topological polar surface area (TPSA) is 175 Å². The van der Waals surface area contributed by atoms with E-state index in [1.807, 2.05) is 0 Å². The number of alkyl halides is 1. The lowest BCUT2D eigenvalue weighted by atomic mass is 10.1. The van der Waals surface area contributed by atoms with E-state index in [1.54, 1.807) is 0 Å². The number of rotatable bonds is 5. The molecule has 5 atom stereocenters. The number of anilines is 1. The highest BCUT2D eigenvalue weighted by molar-refractivity contribution is 7.47. The van der Waals surface area contributed by atoms with Crippen LogP contribution in [-0.4, -0.2) is 61.6 Å². The molecule has 0 spiro atoms. The van der Waals surface area contributed by atoms with Crippen LogP contribution in [0.4, 0.5) is 10.3 Å². The number of aliphatic hydroxyl groups excluding tert-OH is 1. The zero-order valence-corrected chi connectivity index (χ0v) is 14.6. The summed E-state index contributed by atoms with van der Waals surface area (Å²) in [7, 11) is -3.37. The number of hydrogen-bond donors (Lipinski definition) is 4. The second-order valence-corrected chi connectivity index (χ2v) is 7.35. The minimum absolute atomic E-state index is 0.0464. The van der Waals surface area contributed by atoms with Gasteiger partial charge >= 0.3 is 7.82 Å². The molecule has 0 bridgehead atoms. The maximum absolute atomic E-state index is 14.8. The SMILES string of the molecule is COP(=O)(O)OCC1O[C@@](C)(n2cnc3c(=O)[nH]c(N)nc32)[C@H](F)[C@@H]1O. The number of fused-ring (bicyclic) bond motifs is 1. The van der Waals surface area contributed by atoms with Crippen molar-refractivity contribution in [2.24, 2.45) is 0 Å². The molecule has 2 aromatic heterocycles. The summed E-state index contributed by atoms with van der Waals surface area (Å²) in [5, 5.41) is 10.1. The number of phosphoric acid groups is 1. The number of nitrogens with one attached hydrogen (secondary N) is 1. The number of aliphatic hydroxyl groups is 1. The highest BCUT2D eigenvalue weighted by Crippen LogP contribution is 2.44. The van der Waals surface area contributed by atoms with E-state index in [0.29, 0.717) is 0 Å². The molecule has 0 radical (unpaired) electrons. The van der Waals surface area contributed by atoms with Crippen LogP contribution in [0.5, 0.6) is 0 Å². The molecule has 26 heavy (non-hydrogen) atoms. The second kappa shape index (κ2) is 6.37. The molecule has 0 amide bonds. The first kappa shape index (κ1) is 18.9. The van der Waals surface area contributed by atoms with Gasteiger partial charge in [0.15, 0.2) is 23.1 Å². The van der Waals surface area contributed by atoms with Gasteiger partial charge in [0, 0.05) is 7.11 Å². The van der Waals surface area contributed by atoms with Gasteiger partial charge in [0.05, 0.1) is 12.9 Å². The Bertz CT molecular complexity index is 934. The summed E-state index contributed by atoms with van der Waals surface area (Å²) in [6.45, 7) is 0.692. The van der Waals surface area contributed by atoms with Gasteiger partial charge < -0.3 is 20.5 Å². The lowest BCUT2D eigenvalue weighted by Crippen LogP contribution is -2.40. The molecule has 3 heterocycles. The van der Waals surface area contributed by atoms with Gasteiger partial charge in [0.2, 0.25) is 5.95 Å². The quantitative estimate of drug-likeness (QED) is 0.472. The lowest BCUT2D eigenvalue weighted by Gasteiger charge is -2.28. The molecule has 3 rings (SSSR count). The lowest BCUT2D eigenvalue weighted by molar-refractivity contribution is -0.117. The molecule has 0 aromatic carbocycles. The summed E-state index contributed by atoms with van der Waals surface area (Å²) in [6, 6.07) is 0. The molecule has 1 aliphatic heterocycles. The number of nitrogen functional groups attached to an aromatic ring is 1. The van der Waals surface area contributed by atoms with Crippen LogP contribution >= 0.6 is 7.82 Å². The average Bonchev–Trinajstić information content (AvgIpc) is 3.09. The minimum atomic E-state index is -4.33. The van der Waals surface area contributed by atoms with Gasteiger partial charge in [-0.25, -0.2) is 13.9 Å². The van der Waals surface area contributed by atoms with Crippen LogP contribution in [0.3, 0.4) is 0 Å². The summed E-state index contributed by atoms with van der Waals surface area (Å²) in [4.78, 5) is 31.2. The van der Waals surface area contributed by atoms with Gasteiger partial charge in [-0.1, -0.05) is 0 Å². The fourth-order valence-electron chi connectivity index (χ4n) is 2.74. The maximum Gasteiger partial charge on any atom is 0.472 e. The number of H-pyrrole nitrogens is 1. The van der Waals surface area contributed by atoms with Crippen molar-refractivity contribution in [2.75, 3.05) is 19.5 Å². The third-order valence-electron chi connectivity index (χ3n) is 4.12. The maximum atomic E-state index is 14.8. The number of aromatic amines is 1. The summed E-state index contributed by atoms with van der Waals surface area (Å²) in [6.07, 6.45) is -3.84. The zero-order valence-electron chi connectivity index (χ0n) is 13.7. The van der Waals surface area contributed by atoms with Crippen molar-refractivity contribution < 1.29 is 32.7 Å². The first-order valence-electron chi connectivity index (χ1n) is 7.35. The number of hydrogen-bond acceptors (Lipinski definition) is 9. The Morgan fingerprint density at radius 2 is 2.31 bits per heavy atom. The molecule has 12 nitrogen and oxygen atoms in total. The third kappa shape index (κ3) is 3.02. The predicted octanol–water partition coefficient (Wildman–Crippen LogP) is -0.764. The molecule has 1 aliphatic rings. The van der Waals surface area contributed by atoms with Crippen molar-refractivity contribution in [3.05, 3.63) is 16.7 Å². The Hall–Kier alpha value is -1.89. The molecule has 14 heteroatoms. The van der Waals surface area contributed by atoms with Crippen molar-refractivity contribution in [3.8, 4) is 0 Å². The van der Waals surface area contributed by atoms with Crippen molar-refractivity contribution in [1.29, 1.82) is 0 Å². The van der Waals surface area contributed by atoms with E-state index in [9.17, 15) is 23.7 Å². The summed E-state index contributed by atoms with van der Waals surface area (Å²) >= 11 is 0. The Morgan fingerprint density at radius 3 is 2.96 bits per heavy atom. The Labute approximate surface area is 145 Å². The third-order valence-corrected chi connectivity index (χ3v) is 5.06. The van der Waals surface area contributed by atoms with Gasteiger partial charge in [-0.15, -0.1) is 0 Å². The van der Waals surface area contributed by atoms with Crippen LogP contribution in [0.25, 0.3) is 11.2 Å². The molecule has 2 aromatic rings. The molecule has 2 unspecified atom stereocenters. The van der Waals surface area contributed by atoms with Crippen molar-refractivity contribution in [1.82, 2.24) is 19.5 Å². The molecular weight excluding hydrogens is 376 g/mol. The predicted molar refractivity (Wildman–Crippen MR) is 84.8 cm³/mol. The second-order valence-electron chi connectivity index (χ2n) is 5.79. The first-order valence-corrected chi connectivity index (χ1v) is 8.85. The van der Waals surface area contributed by atoms with Gasteiger partial charge in [-0.2, -0.15) is 4.98 Å². The van der Waals surface area contributed by atoms with Gasteiger partial charge in [0.25, 0.3) is 5.56 Å². The molecule has 5 N–H and O–H groups in total. The van der Waals surface area contributed by atoms with Gasteiger partial charge in [-0.3, -0.25) is 23.4 Å². The number of halogens is 1. The first-order chi connectivity index (χ1) is 12.1. The number of ether oxygens (including phenoxy) is 1. The van der Waals surface area contributed by atoms with Crippen LogP contribution in [0, 0.1) is 0 Å². The van der Waals surface area contributed by atoms with Crippen LogP contribution in [0.15, 0.2) is 11.1 Å². The Balaban J connectivity index is 1.95. The van der Waals surface area contributed by atoms with E-state index >= 15 is 0 Å². The molecular formula is C12H17FN5O7P. The number of nitrogens with two attached hydrogens (primary N) is 1. The summed E-state index contributed by atoms with van der Waals surface area (Å²) < 4.78 is 41.7. The Morgan fingerprint density at radius 1 is 1.62 bits per heavy atom.